The van der Waals surface area contributed by atoms with Crippen LogP contribution in [-0.2, 0) is 30.3 Å². The number of hydrogen-bond acceptors (Lipinski definition) is 15. The maximum Gasteiger partial charge on any atom is 0.253 e. The fourth-order valence-corrected chi connectivity index (χ4v) is 7.47. The maximum atomic E-state index is 14.0. The molecule has 2 aromatic rings. The molecule has 0 saturated carbocycles. The van der Waals surface area contributed by atoms with E-state index >= 15 is 0 Å². The molecule has 0 bridgehead atoms. The van der Waals surface area contributed by atoms with Crippen molar-refractivity contribution in [3.63, 3.8) is 0 Å². The summed E-state index contributed by atoms with van der Waals surface area (Å²) >= 11 is 0. The van der Waals surface area contributed by atoms with E-state index in [0.29, 0.717) is 19.3 Å². The minimum Gasteiger partial charge on any atom is -0.507 e. The van der Waals surface area contributed by atoms with Crippen LogP contribution >= 0.6 is 0 Å². The summed E-state index contributed by atoms with van der Waals surface area (Å²) < 4.78 is 17.4. The zero-order valence-corrected chi connectivity index (χ0v) is 29.6. The number of carbonyl (C=O) groups is 5. The molecule has 17 heteroatoms. The van der Waals surface area contributed by atoms with Gasteiger partial charge in [0.1, 0.15) is 22.8 Å². The van der Waals surface area contributed by atoms with E-state index in [1.807, 2.05) is 0 Å². The van der Waals surface area contributed by atoms with E-state index in [9.17, 15) is 49.5 Å². The van der Waals surface area contributed by atoms with Gasteiger partial charge < -0.3 is 45.5 Å². The second-order valence-electron chi connectivity index (χ2n) is 13.8. The Labute approximate surface area is 309 Å². The van der Waals surface area contributed by atoms with Gasteiger partial charge in [0.05, 0.1) is 54.4 Å². The molecule has 2 aliphatic heterocycles. The van der Waals surface area contributed by atoms with Gasteiger partial charge in [-0.05, 0) is 25.8 Å². The molecular formula is C37H42N4O13. The van der Waals surface area contributed by atoms with Crippen LogP contribution in [0.3, 0.4) is 0 Å². The first kappa shape index (κ1) is 38.7. The molecule has 6 atom stereocenters. The van der Waals surface area contributed by atoms with Crippen LogP contribution < -0.4 is 15.9 Å². The van der Waals surface area contributed by atoms with Crippen LogP contribution in [0.5, 0.6) is 17.2 Å². The van der Waals surface area contributed by atoms with Gasteiger partial charge >= 0.3 is 0 Å². The average Bonchev–Trinajstić information content (AvgIpc) is 3.46. The van der Waals surface area contributed by atoms with Crippen molar-refractivity contribution in [3.8, 4) is 17.2 Å². The smallest absolute Gasteiger partial charge is 0.253 e. The number of imide groups is 1. The van der Waals surface area contributed by atoms with Crippen LogP contribution in [0.25, 0.3) is 0 Å². The Kier molecular flexibility index (Phi) is 11.0. The molecule has 0 spiro atoms. The SMILES string of the molecule is COc1cccc2c1C(=O)c1c(O)c3c(c(O)c1C2=O)C[C@](O)(/C(CO)=N/NC(=O)CCCCCN1C(=O)C=CC1=O)C[C@H]3O[C@@H]1C[C@@H](N)[C@@H](O)[C@@H](C)O1. The molecule has 6 rings (SSSR count). The van der Waals surface area contributed by atoms with Crippen LogP contribution in [-0.4, -0.2) is 116 Å². The van der Waals surface area contributed by atoms with Crippen LogP contribution in [0.2, 0.25) is 0 Å². The van der Waals surface area contributed by atoms with E-state index in [0.717, 1.165) is 4.90 Å². The molecule has 1 fully saturated rings. The number of phenols is 2. The molecule has 54 heavy (non-hydrogen) atoms. The van der Waals surface area contributed by atoms with Gasteiger partial charge in [0.15, 0.2) is 12.1 Å². The average molecular weight is 751 g/mol. The summed E-state index contributed by atoms with van der Waals surface area (Å²) in [5, 5.41) is 60.5. The van der Waals surface area contributed by atoms with E-state index < -0.39 is 108 Å². The van der Waals surface area contributed by atoms with Gasteiger partial charge in [0, 0.05) is 67.1 Å². The topological polar surface area (TPSA) is 268 Å². The number of methoxy groups -OCH3 is 1. The molecule has 0 unspecified atom stereocenters. The van der Waals surface area contributed by atoms with Crippen LogP contribution in [0.15, 0.2) is 35.5 Å². The number of ketones is 2. The van der Waals surface area contributed by atoms with Crippen molar-refractivity contribution in [2.75, 3.05) is 20.3 Å². The summed E-state index contributed by atoms with van der Waals surface area (Å²) in [5.41, 5.74) is 4.46. The summed E-state index contributed by atoms with van der Waals surface area (Å²) in [6.07, 6.45) is -1.56. The Morgan fingerprint density at radius 3 is 2.43 bits per heavy atom. The number of carbonyl (C=O) groups excluding carboxylic acids is 5. The predicted molar refractivity (Wildman–Crippen MR) is 187 cm³/mol. The number of fused-ring (bicyclic) bond motifs is 3. The number of aromatic hydroxyl groups is 2. The van der Waals surface area contributed by atoms with Crippen molar-refractivity contribution in [3.05, 3.63) is 63.7 Å². The number of unbranched alkanes of at least 4 members (excludes halogenated alkanes) is 2. The summed E-state index contributed by atoms with van der Waals surface area (Å²) in [6.45, 7) is 0.910. The number of aliphatic hydroxyl groups excluding tert-OH is 2. The zero-order chi connectivity index (χ0) is 39.1. The number of aliphatic hydroxyl groups is 3. The van der Waals surface area contributed by atoms with Crippen molar-refractivity contribution >= 4 is 35.0 Å². The lowest BCUT2D eigenvalue weighted by Gasteiger charge is -2.43. The summed E-state index contributed by atoms with van der Waals surface area (Å²) in [5.74, 6) is -4.25. The van der Waals surface area contributed by atoms with Crippen LogP contribution in [0, 0.1) is 0 Å². The highest BCUT2D eigenvalue weighted by Gasteiger charge is 2.49. The number of hydrogen-bond donors (Lipinski definition) is 7. The van der Waals surface area contributed by atoms with Gasteiger partial charge in [0.2, 0.25) is 11.7 Å². The lowest BCUT2D eigenvalue weighted by Crippen LogP contribution is -2.53. The highest BCUT2D eigenvalue weighted by atomic mass is 16.7. The number of amides is 3. The van der Waals surface area contributed by atoms with Gasteiger partial charge in [-0.3, -0.25) is 28.9 Å². The summed E-state index contributed by atoms with van der Waals surface area (Å²) in [7, 11) is 1.32. The first-order valence-electron chi connectivity index (χ1n) is 17.5. The van der Waals surface area contributed by atoms with E-state index in [1.54, 1.807) is 6.92 Å². The lowest BCUT2D eigenvalue weighted by molar-refractivity contribution is -0.245. The monoisotopic (exact) mass is 750 g/mol. The quantitative estimate of drug-likeness (QED) is 0.0434. The molecular weight excluding hydrogens is 708 g/mol. The number of nitrogens with one attached hydrogen (secondary N) is 1. The Hall–Kier alpha value is -5.04. The number of hydrazone groups is 1. The largest absolute Gasteiger partial charge is 0.507 e. The van der Waals surface area contributed by atoms with Crippen LogP contribution in [0.1, 0.15) is 94.5 Å². The van der Waals surface area contributed by atoms with E-state index in [4.69, 9.17) is 19.9 Å². The Morgan fingerprint density at radius 2 is 1.76 bits per heavy atom. The Morgan fingerprint density at radius 1 is 1.06 bits per heavy atom. The molecule has 4 aliphatic rings. The molecule has 2 aromatic carbocycles. The second kappa shape index (κ2) is 15.4. The van der Waals surface area contributed by atoms with E-state index in [-0.39, 0.29) is 53.1 Å². The fourth-order valence-electron chi connectivity index (χ4n) is 7.47. The Bertz CT molecular complexity index is 1930. The van der Waals surface area contributed by atoms with Crippen molar-refractivity contribution in [1.29, 1.82) is 0 Å². The number of benzene rings is 2. The third-order valence-electron chi connectivity index (χ3n) is 10.3. The minimum absolute atomic E-state index is 0.0120. The third-order valence-corrected chi connectivity index (χ3v) is 10.3. The molecule has 2 aliphatic carbocycles. The number of nitrogens with zero attached hydrogens (tertiary/aromatic N) is 2. The summed E-state index contributed by atoms with van der Waals surface area (Å²) in [4.78, 5) is 65.1. The summed E-state index contributed by atoms with van der Waals surface area (Å²) in [6, 6.07) is 3.57. The maximum absolute atomic E-state index is 14.0. The second-order valence-corrected chi connectivity index (χ2v) is 13.8. The minimum atomic E-state index is -2.16. The highest BCUT2D eigenvalue weighted by Crippen LogP contribution is 2.52. The van der Waals surface area contributed by atoms with Crippen molar-refractivity contribution in [1.82, 2.24) is 10.3 Å². The van der Waals surface area contributed by atoms with Crippen molar-refractivity contribution in [2.45, 2.75) is 88.1 Å². The molecule has 1 saturated heterocycles. The van der Waals surface area contributed by atoms with Crippen molar-refractivity contribution < 1.29 is 63.7 Å². The zero-order valence-electron chi connectivity index (χ0n) is 29.6. The Balaban J connectivity index is 1.29. The number of ether oxygens (including phenoxy) is 3. The molecule has 2 heterocycles. The van der Waals surface area contributed by atoms with E-state index in [1.165, 1.54) is 37.5 Å². The molecule has 0 radical (unpaired) electrons. The molecule has 288 valence electrons. The van der Waals surface area contributed by atoms with Gasteiger partial charge in [-0.25, -0.2) is 5.43 Å². The van der Waals surface area contributed by atoms with Gasteiger partial charge in [0.25, 0.3) is 11.8 Å². The third kappa shape index (κ3) is 7.01. The highest BCUT2D eigenvalue weighted by molar-refractivity contribution is 6.31. The first-order chi connectivity index (χ1) is 25.7. The molecule has 8 N–H and O–H groups in total. The molecule has 3 amide bonds. The fraction of sp³-hybridized carbons (Fsp3) is 0.459. The lowest BCUT2D eigenvalue weighted by atomic mass is 9.71. The molecule has 17 nitrogen and oxygen atoms in total. The van der Waals surface area contributed by atoms with Gasteiger partial charge in [-0.15, -0.1) is 0 Å². The molecule has 0 aromatic heterocycles. The van der Waals surface area contributed by atoms with Crippen LogP contribution in [0.4, 0.5) is 0 Å². The first-order valence-corrected chi connectivity index (χ1v) is 17.5. The normalized spacial score (nSPS) is 26.4. The predicted octanol–water partition coefficient (Wildman–Crippen LogP) is 0.390. The van der Waals surface area contributed by atoms with Crippen molar-refractivity contribution in [2.24, 2.45) is 10.8 Å². The standard InChI is InChI=1S/C37H42N4O13/c1-17-32(46)20(38)13-27(53-17)54-22-15-37(51,23(16-42)39-40-24(43)9-4-3-5-12-41-25(44)10-11-26(41)45)14-19-29(22)36(50)31-30(34(19)48)33(47)18-7-6-8-21(52-2)28(18)35(31)49/h6-8,10-11,17,20,22,27,32,42,46,48,50-51H,3-5,9,12-16,38H2,1-2H3,(H,40,43)/b39-23+/t17-,20-,22-,27-,32+,37-/m1/s1. The number of rotatable bonds is 12. The van der Waals surface area contributed by atoms with Gasteiger partial charge in [-0.2, -0.15) is 5.10 Å². The number of phenolic OH excluding ortho intramolecular Hbond substituents is 2. The van der Waals surface area contributed by atoms with E-state index in [2.05, 4.69) is 10.5 Å². The van der Waals surface area contributed by atoms with Gasteiger partial charge in [-0.1, -0.05) is 18.6 Å². The number of nitrogens with two attached hydrogens (primary N) is 1.